The first-order chi connectivity index (χ1) is 11.7. The molecule has 2 aliphatic rings. The van der Waals surface area contributed by atoms with Gasteiger partial charge < -0.3 is 10.2 Å². The summed E-state index contributed by atoms with van der Waals surface area (Å²) in [6.07, 6.45) is 5.55. The van der Waals surface area contributed by atoms with Crippen LogP contribution in [0.3, 0.4) is 0 Å². The van der Waals surface area contributed by atoms with E-state index in [4.69, 9.17) is 11.6 Å². The fraction of sp³-hybridized carbons (Fsp3) is 0.444. The molecule has 1 unspecified atom stereocenters. The van der Waals surface area contributed by atoms with Crippen molar-refractivity contribution in [3.63, 3.8) is 0 Å². The van der Waals surface area contributed by atoms with Crippen LogP contribution < -0.4 is 5.32 Å². The van der Waals surface area contributed by atoms with Gasteiger partial charge in [-0.3, -0.25) is 4.68 Å². The van der Waals surface area contributed by atoms with Crippen LogP contribution in [0.5, 0.6) is 0 Å². The van der Waals surface area contributed by atoms with Gasteiger partial charge in [0.25, 0.3) is 0 Å². The number of carbonyl (C=O) groups excluding carboxylic acids is 1. The highest BCUT2D eigenvalue weighted by Crippen LogP contribution is 2.46. The van der Waals surface area contributed by atoms with Crippen LogP contribution in [0.1, 0.15) is 30.4 Å². The number of nitrogens with zero attached hydrogens (tertiary/aromatic N) is 3. The van der Waals surface area contributed by atoms with Crippen molar-refractivity contribution in [2.24, 2.45) is 5.92 Å². The largest absolute Gasteiger partial charge is 0.338 e. The highest BCUT2D eigenvalue weighted by atomic mass is 35.5. The SMILES string of the molecule is O=C(NC[C@@H]1C[C@H]1c1ccccc1)N1CCC(n2cc(Cl)cn2)C1. The van der Waals surface area contributed by atoms with E-state index in [9.17, 15) is 4.79 Å². The second-order valence-corrected chi connectivity index (χ2v) is 7.16. The molecule has 2 fully saturated rings. The lowest BCUT2D eigenvalue weighted by atomic mass is 10.1. The third kappa shape index (κ3) is 3.26. The average molecular weight is 345 g/mol. The average Bonchev–Trinajstić information content (AvgIpc) is 2.99. The molecule has 3 atom stereocenters. The molecular weight excluding hydrogens is 324 g/mol. The number of halogens is 1. The zero-order valence-corrected chi connectivity index (χ0v) is 14.2. The Balaban J connectivity index is 1.24. The number of hydrogen-bond acceptors (Lipinski definition) is 2. The number of benzene rings is 1. The molecule has 0 bridgehead atoms. The number of aromatic nitrogens is 2. The maximum atomic E-state index is 12.4. The molecule has 24 heavy (non-hydrogen) atoms. The Bertz CT molecular complexity index is 717. The number of rotatable bonds is 4. The molecule has 1 N–H and O–H groups in total. The third-order valence-corrected chi connectivity index (χ3v) is 5.26. The van der Waals surface area contributed by atoms with Crippen LogP contribution in [-0.4, -0.2) is 40.3 Å². The highest BCUT2D eigenvalue weighted by Gasteiger charge is 2.38. The van der Waals surface area contributed by atoms with Gasteiger partial charge in [-0.25, -0.2) is 4.79 Å². The van der Waals surface area contributed by atoms with Gasteiger partial charge >= 0.3 is 6.03 Å². The van der Waals surface area contributed by atoms with E-state index in [-0.39, 0.29) is 12.1 Å². The molecule has 1 saturated heterocycles. The van der Waals surface area contributed by atoms with Crippen molar-refractivity contribution in [1.29, 1.82) is 0 Å². The minimum absolute atomic E-state index is 0.0365. The smallest absolute Gasteiger partial charge is 0.317 e. The molecule has 1 aliphatic heterocycles. The van der Waals surface area contributed by atoms with E-state index in [0.717, 1.165) is 19.5 Å². The van der Waals surface area contributed by atoms with Crippen LogP contribution in [0.25, 0.3) is 0 Å². The normalized spacial score (nSPS) is 25.7. The van der Waals surface area contributed by atoms with E-state index >= 15 is 0 Å². The number of carbonyl (C=O) groups is 1. The van der Waals surface area contributed by atoms with Gasteiger partial charge in [0.1, 0.15) is 0 Å². The lowest BCUT2D eigenvalue weighted by molar-refractivity contribution is 0.206. The second-order valence-electron chi connectivity index (χ2n) is 6.73. The summed E-state index contributed by atoms with van der Waals surface area (Å²) in [7, 11) is 0. The Labute approximate surface area is 146 Å². The van der Waals surface area contributed by atoms with Gasteiger partial charge in [0.15, 0.2) is 0 Å². The van der Waals surface area contributed by atoms with Crippen molar-refractivity contribution in [3.8, 4) is 0 Å². The van der Waals surface area contributed by atoms with Gasteiger partial charge in [0.2, 0.25) is 0 Å². The van der Waals surface area contributed by atoms with E-state index in [1.165, 1.54) is 12.0 Å². The summed E-state index contributed by atoms with van der Waals surface area (Å²) in [5.41, 5.74) is 1.38. The molecule has 2 heterocycles. The molecule has 5 nitrogen and oxygen atoms in total. The summed E-state index contributed by atoms with van der Waals surface area (Å²) in [5, 5.41) is 7.98. The second kappa shape index (κ2) is 6.48. The van der Waals surface area contributed by atoms with Crippen LogP contribution >= 0.6 is 11.6 Å². The number of urea groups is 1. The zero-order valence-electron chi connectivity index (χ0n) is 13.4. The molecular formula is C18H21ClN4O. The molecule has 4 rings (SSSR count). The van der Waals surface area contributed by atoms with Crippen LogP contribution in [0.4, 0.5) is 4.79 Å². The maximum absolute atomic E-state index is 12.4. The molecule has 2 amide bonds. The topological polar surface area (TPSA) is 50.2 Å². The van der Waals surface area contributed by atoms with Crippen LogP contribution in [0.2, 0.25) is 5.02 Å². The van der Waals surface area contributed by atoms with Gasteiger partial charge in [-0.15, -0.1) is 0 Å². The van der Waals surface area contributed by atoms with Crippen LogP contribution in [-0.2, 0) is 0 Å². The first-order valence-electron chi connectivity index (χ1n) is 8.48. The number of hydrogen-bond donors (Lipinski definition) is 1. The van der Waals surface area contributed by atoms with Gasteiger partial charge in [-0.1, -0.05) is 41.9 Å². The summed E-state index contributed by atoms with van der Waals surface area (Å²) < 4.78 is 1.86. The Morgan fingerprint density at radius 3 is 2.92 bits per heavy atom. The standard InChI is InChI=1S/C18H21ClN4O/c19-15-10-21-23(11-15)16-6-7-22(12-16)18(24)20-9-14-8-17(14)13-4-2-1-3-5-13/h1-5,10-11,14,16-17H,6-9,12H2,(H,20,24)/t14-,16?,17-/m0/s1. The number of likely N-dealkylation sites (tertiary alicyclic amines) is 1. The maximum Gasteiger partial charge on any atom is 0.317 e. The Morgan fingerprint density at radius 2 is 2.17 bits per heavy atom. The fourth-order valence-corrected chi connectivity index (χ4v) is 3.71. The quantitative estimate of drug-likeness (QED) is 0.925. The van der Waals surface area contributed by atoms with E-state index in [1.54, 1.807) is 6.20 Å². The van der Waals surface area contributed by atoms with Crippen molar-refractivity contribution in [2.45, 2.75) is 24.8 Å². The summed E-state index contributed by atoms with van der Waals surface area (Å²) in [5.74, 6) is 1.17. The Morgan fingerprint density at radius 1 is 1.33 bits per heavy atom. The van der Waals surface area contributed by atoms with E-state index < -0.39 is 0 Å². The van der Waals surface area contributed by atoms with Crippen molar-refractivity contribution in [3.05, 3.63) is 53.3 Å². The molecule has 1 aromatic carbocycles. The molecule has 126 valence electrons. The summed E-state index contributed by atoms with van der Waals surface area (Å²) in [6, 6.07) is 10.8. The zero-order chi connectivity index (χ0) is 16.5. The Kier molecular flexibility index (Phi) is 4.19. The van der Waals surface area contributed by atoms with Gasteiger partial charge in [0.05, 0.1) is 17.3 Å². The highest BCUT2D eigenvalue weighted by molar-refractivity contribution is 6.30. The summed E-state index contributed by atoms with van der Waals surface area (Å²) in [4.78, 5) is 14.2. The predicted molar refractivity (Wildman–Crippen MR) is 93.2 cm³/mol. The summed E-state index contributed by atoms with van der Waals surface area (Å²) in [6.45, 7) is 2.21. The van der Waals surface area contributed by atoms with Gasteiger partial charge in [-0.05, 0) is 30.2 Å². The first-order valence-corrected chi connectivity index (χ1v) is 8.86. The molecule has 1 aromatic heterocycles. The van der Waals surface area contributed by atoms with E-state index in [0.29, 0.717) is 23.4 Å². The lowest BCUT2D eigenvalue weighted by Gasteiger charge is -2.17. The predicted octanol–water partition coefficient (Wildman–Crippen LogP) is 3.30. The van der Waals surface area contributed by atoms with Gasteiger partial charge in [-0.2, -0.15) is 5.10 Å². The fourth-order valence-electron chi connectivity index (χ4n) is 3.57. The minimum Gasteiger partial charge on any atom is -0.338 e. The number of amides is 2. The molecule has 1 saturated carbocycles. The molecule has 0 spiro atoms. The van der Waals surface area contributed by atoms with Gasteiger partial charge in [0, 0.05) is 25.8 Å². The number of nitrogens with one attached hydrogen (secondary N) is 1. The first kappa shape index (κ1) is 15.5. The van der Waals surface area contributed by atoms with E-state index in [1.807, 2.05) is 21.8 Å². The minimum atomic E-state index is 0.0365. The summed E-state index contributed by atoms with van der Waals surface area (Å²) >= 11 is 5.92. The van der Waals surface area contributed by atoms with Crippen molar-refractivity contribution in [1.82, 2.24) is 20.0 Å². The van der Waals surface area contributed by atoms with Crippen LogP contribution in [0, 0.1) is 5.92 Å². The molecule has 6 heteroatoms. The van der Waals surface area contributed by atoms with Crippen molar-refractivity contribution >= 4 is 17.6 Å². The monoisotopic (exact) mass is 344 g/mol. The molecule has 2 aromatic rings. The molecule has 0 radical (unpaired) electrons. The van der Waals surface area contributed by atoms with Crippen molar-refractivity contribution in [2.75, 3.05) is 19.6 Å². The molecule has 1 aliphatic carbocycles. The lowest BCUT2D eigenvalue weighted by Crippen LogP contribution is -2.39. The third-order valence-electron chi connectivity index (χ3n) is 5.06. The Hall–Kier alpha value is -2.01. The van der Waals surface area contributed by atoms with Crippen molar-refractivity contribution < 1.29 is 4.79 Å². The van der Waals surface area contributed by atoms with E-state index in [2.05, 4.69) is 34.7 Å². The van der Waals surface area contributed by atoms with Crippen LogP contribution in [0.15, 0.2) is 42.7 Å².